The number of nitrogens with one attached hydrogen (secondary N) is 2. The van der Waals surface area contributed by atoms with Crippen molar-refractivity contribution in [3.63, 3.8) is 0 Å². The van der Waals surface area contributed by atoms with E-state index in [0.717, 1.165) is 0 Å². The van der Waals surface area contributed by atoms with Gasteiger partial charge in [0.05, 0.1) is 25.0 Å². The predicted octanol–water partition coefficient (Wildman–Crippen LogP) is 0.0650. The quantitative estimate of drug-likeness (QED) is 0.588. The van der Waals surface area contributed by atoms with Crippen LogP contribution in [0.1, 0.15) is 26.7 Å². The molecule has 2 unspecified atom stereocenters. The first-order valence-corrected chi connectivity index (χ1v) is 7.69. The maximum absolute atomic E-state index is 11.8. The first kappa shape index (κ1) is 17.4. The molecule has 1 aliphatic carbocycles. The van der Waals surface area contributed by atoms with Crippen LogP contribution in [0.4, 0.5) is 4.79 Å². The van der Waals surface area contributed by atoms with Gasteiger partial charge in [-0.3, -0.25) is 4.98 Å². The minimum Gasteiger partial charge on any atom is -0.476 e. The average molecular weight is 324 g/mol. The van der Waals surface area contributed by atoms with Gasteiger partial charge in [-0.2, -0.15) is 0 Å². The lowest BCUT2D eigenvalue weighted by molar-refractivity contribution is 0.0438. The lowest BCUT2D eigenvalue weighted by Gasteiger charge is -2.29. The minimum absolute atomic E-state index is 0.0292. The largest absolute Gasteiger partial charge is 0.476 e. The van der Waals surface area contributed by atoms with Crippen LogP contribution in [0.15, 0.2) is 18.6 Å². The second-order valence-electron chi connectivity index (χ2n) is 6.36. The normalized spacial score (nSPS) is 27.0. The Bertz CT molecular complexity index is 501. The van der Waals surface area contributed by atoms with Crippen molar-refractivity contribution in [3.05, 3.63) is 18.6 Å². The van der Waals surface area contributed by atoms with E-state index in [-0.39, 0.29) is 18.7 Å². The number of amides is 2. The summed E-state index contributed by atoms with van der Waals surface area (Å²) >= 11 is 0. The van der Waals surface area contributed by atoms with Gasteiger partial charge in [-0.25, -0.2) is 9.78 Å². The molecule has 2 rings (SSSR count). The molecule has 0 aromatic carbocycles. The fraction of sp³-hybridized carbons (Fsp3) is 0.667. The summed E-state index contributed by atoms with van der Waals surface area (Å²) in [5.74, 6) is 0.370. The zero-order valence-corrected chi connectivity index (χ0v) is 13.4. The van der Waals surface area contributed by atoms with E-state index in [1.165, 1.54) is 12.4 Å². The molecule has 0 aliphatic heterocycles. The van der Waals surface area contributed by atoms with Crippen LogP contribution >= 0.6 is 0 Å². The molecule has 8 heteroatoms. The highest BCUT2D eigenvalue weighted by atomic mass is 16.5. The lowest BCUT2D eigenvalue weighted by atomic mass is 9.86. The molecule has 8 nitrogen and oxygen atoms in total. The third kappa shape index (κ3) is 5.04. The number of hydrogen-bond donors (Lipinski definition) is 4. The molecule has 1 saturated carbocycles. The Hall–Kier alpha value is -1.93. The lowest BCUT2D eigenvalue weighted by Crippen LogP contribution is -2.46. The van der Waals surface area contributed by atoms with E-state index in [2.05, 4.69) is 20.6 Å². The number of rotatable bonds is 6. The number of hydrogen-bond acceptors (Lipinski definition) is 6. The van der Waals surface area contributed by atoms with Crippen LogP contribution in [0.5, 0.6) is 5.88 Å². The maximum Gasteiger partial charge on any atom is 0.315 e. The fourth-order valence-electron chi connectivity index (χ4n) is 2.72. The van der Waals surface area contributed by atoms with E-state index >= 15 is 0 Å². The van der Waals surface area contributed by atoms with E-state index in [9.17, 15) is 15.0 Å². The molecule has 0 spiro atoms. The molecule has 0 saturated heterocycles. The molecule has 1 aliphatic rings. The molecule has 23 heavy (non-hydrogen) atoms. The Kier molecular flexibility index (Phi) is 5.73. The summed E-state index contributed by atoms with van der Waals surface area (Å²) in [6, 6.07) is -0.253. The summed E-state index contributed by atoms with van der Waals surface area (Å²) in [4.78, 5) is 19.7. The summed E-state index contributed by atoms with van der Waals surface area (Å²) in [5.41, 5.74) is -0.551. The SMILES string of the molecule is CC(C)NC(=O)NCC1(COc2cnccn2)CC(O)C(O)C1. The van der Waals surface area contributed by atoms with Gasteiger partial charge in [0, 0.05) is 30.4 Å². The fourth-order valence-corrected chi connectivity index (χ4v) is 2.72. The van der Waals surface area contributed by atoms with E-state index in [4.69, 9.17) is 4.74 Å². The van der Waals surface area contributed by atoms with Gasteiger partial charge in [0.1, 0.15) is 0 Å². The van der Waals surface area contributed by atoms with Gasteiger partial charge in [0.25, 0.3) is 0 Å². The molecule has 1 fully saturated rings. The van der Waals surface area contributed by atoms with E-state index < -0.39 is 17.6 Å². The van der Waals surface area contributed by atoms with Crippen LogP contribution in [0.25, 0.3) is 0 Å². The molecule has 2 atom stereocenters. The summed E-state index contributed by atoms with van der Waals surface area (Å²) in [6.45, 7) is 4.26. The van der Waals surface area contributed by atoms with E-state index in [0.29, 0.717) is 25.3 Å². The van der Waals surface area contributed by atoms with Gasteiger partial charge in [-0.05, 0) is 26.7 Å². The van der Waals surface area contributed by atoms with Gasteiger partial charge in [-0.1, -0.05) is 0 Å². The number of ether oxygens (including phenoxy) is 1. The number of carbonyl (C=O) groups excluding carboxylic acids is 1. The van der Waals surface area contributed by atoms with Crippen molar-refractivity contribution in [3.8, 4) is 5.88 Å². The van der Waals surface area contributed by atoms with Crippen LogP contribution in [0.3, 0.4) is 0 Å². The number of nitrogens with zero attached hydrogens (tertiary/aromatic N) is 2. The van der Waals surface area contributed by atoms with Crippen molar-refractivity contribution >= 4 is 6.03 Å². The number of aliphatic hydroxyl groups excluding tert-OH is 2. The van der Waals surface area contributed by atoms with Crippen molar-refractivity contribution in [2.24, 2.45) is 5.41 Å². The molecule has 128 valence electrons. The third-order valence-corrected chi connectivity index (χ3v) is 3.84. The predicted molar refractivity (Wildman–Crippen MR) is 82.9 cm³/mol. The Balaban J connectivity index is 1.97. The van der Waals surface area contributed by atoms with Crippen molar-refractivity contribution in [2.75, 3.05) is 13.2 Å². The zero-order chi connectivity index (χ0) is 16.9. The number of urea groups is 1. The molecule has 1 aromatic heterocycles. The Morgan fingerprint density at radius 1 is 1.39 bits per heavy atom. The topological polar surface area (TPSA) is 117 Å². The minimum atomic E-state index is -0.824. The van der Waals surface area contributed by atoms with Crippen molar-refractivity contribution in [2.45, 2.75) is 44.9 Å². The van der Waals surface area contributed by atoms with Gasteiger partial charge in [0.15, 0.2) is 0 Å². The van der Waals surface area contributed by atoms with Crippen LogP contribution in [0.2, 0.25) is 0 Å². The Morgan fingerprint density at radius 3 is 2.65 bits per heavy atom. The van der Waals surface area contributed by atoms with E-state index in [1.807, 2.05) is 13.8 Å². The Labute approximate surface area is 135 Å². The summed E-state index contributed by atoms with van der Waals surface area (Å²) in [5, 5.41) is 25.3. The number of aromatic nitrogens is 2. The van der Waals surface area contributed by atoms with Crippen molar-refractivity contribution in [1.82, 2.24) is 20.6 Å². The molecule has 0 radical (unpaired) electrons. The second-order valence-corrected chi connectivity index (χ2v) is 6.36. The van der Waals surface area contributed by atoms with Crippen LogP contribution in [0, 0.1) is 5.41 Å². The molecule has 4 N–H and O–H groups in total. The Morgan fingerprint density at radius 2 is 2.09 bits per heavy atom. The van der Waals surface area contributed by atoms with Crippen LogP contribution in [-0.2, 0) is 0 Å². The molecular formula is C15H24N4O4. The van der Waals surface area contributed by atoms with Crippen LogP contribution < -0.4 is 15.4 Å². The smallest absolute Gasteiger partial charge is 0.315 e. The summed E-state index contributed by atoms with van der Waals surface area (Å²) in [6.07, 6.45) is 3.60. The molecule has 1 heterocycles. The van der Waals surface area contributed by atoms with Gasteiger partial charge in [-0.15, -0.1) is 0 Å². The van der Waals surface area contributed by atoms with Gasteiger partial charge >= 0.3 is 6.03 Å². The maximum atomic E-state index is 11.8. The van der Waals surface area contributed by atoms with Crippen molar-refractivity contribution < 1.29 is 19.7 Å². The first-order valence-electron chi connectivity index (χ1n) is 7.69. The standard InChI is InChI=1S/C15H24N4O4/c1-10(2)19-14(22)18-8-15(5-11(20)12(21)6-15)9-23-13-7-16-3-4-17-13/h3-4,7,10-12,20-21H,5-6,8-9H2,1-2H3,(H2,18,19,22). The summed E-state index contributed by atoms with van der Waals surface area (Å²) in [7, 11) is 0. The second kappa shape index (κ2) is 7.56. The van der Waals surface area contributed by atoms with Gasteiger partial charge < -0.3 is 25.6 Å². The molecule has 1 aromatic rings. The van der Waals surface area contributed by atoms with E-state index in [1.54, 1.807) is 6.20 Å². The highest BCUT2D eigenvalue weighted by Gasteiger charge is 2.45. The highest BCUT2D eigenvalue weighted by molar-refractivity contribution is 5.74. The number of carbonyl (C=O) groups is 1. The molecular weight excluding hydrogens is 300 g/mol. The number of aliphatic hydroxyl groups is 2. The van der Waals surface area contributed by atoms with Crippen molar-refractivity contribution in [1.29, 1.82) is 0 Å². The third-order valence-electron chi connectivity index (χ3n) is 3.84. The average Bonchev–Trinajstić information content (AvgIpc) is 2.79. The molecule has 2 amide bonds. The van der Waals surface area contributed by atoms with Crippen LogP contribution in [-0.4, -0.2) is 57.6 Å². The zero-order valence-electron chi connectivity index (χ0n) is 13.4. The first-order chi connectivity index (χ1) is 10.9. The molecule has 0 bridgehead atoms. The summed E-state index contributed by atoms with van der Waals surface area (Å²) < 4.78 is 5.64. The highest BCUT2D eigenvalue weighted by Crippen LogP contribution is 2.38. The monoisotopic (exact) mass is 324 g/mol. The van der Waals surface area contributed by atoms with Gasteiger partial charge in [0.2, 0.25) is 5.88 Å².